The second kappa shape index (κ2) is 5.01. The van der Waals surface area contributed by atoms with E-state index in [9.17, 15) is 10.1 Å². The molecule has 1 unspecified atom stereocenters. The molecule has 0 aliphatic carbocycles. The molecule has 0 saturated carbocycles. The van der Waals surface area contributed by atoms with Gasteiger partial charge in [-0.3, -0.25) is 10.1 Å². The first-order valence-corrected chi connectivity index (χ1v) is 6.26. The molecule has 0 bridgehead atoms. The summed E-state index contributed by atoms with van der Waals surface area (Å²) in [4.78, 5) is 12.7. The van der Waals surface area contributed by atoms with Crippen molar-refractivity contribution in [1.82, 2.24) is 5.32 Å². The normalized spacial score (nSPS) is 19.3. The molecule has 17 heavy (non-hydrogen) atoms. The predicted molar refractivity (Wildman–Crippen MR) is 70.5 cm³/mol. The van der Waals surface area contributed by atoms with E-state index in [-0.39, 0.29) is 10.6 Å². The summed E-state index contributed by atoms with van der Waals surface area (Å²) >= 11 is 3.36. The third-order valence-corrected chi connectivity index (χ3v) is 3.59. The van der Waals surface area contributed by atoms with Gasteiger partial charge in [0.2, 0.25) is 0 Å². The van der Waals surface area contributed by atoms with Gasteiger partial charge in [-0.1, -0.05) is 15.9 Å². The van der Waals surface area contributed by atoms with Crippen LogP contribution in [0.25, 0.3) is 0 Å². The number of hydrogen-bond acceptors (Lipinski definition) is 4. The fourth-order valence-corrected chi connectivity index (χ4v) is 2.45. The van der Waals surface area contributed by atoms with Crippen LogP contribution >= 0.6 is 15.9 Å². The van der Waals surface area contributed by atoms with Gasteiger partial charge in [0.25, 0.3) is 5.69 Å². The summed E-state index contributed by atoms with van der Waals surface area (Å²) in [5.41, 5.74) is 0.820. The standard InChI is InChI=1S/C11H14BrN3O2/c1-14(9-4-5-13-7-9)11-6-8(12)2-3-10(11)15(16)17/h2-3,6,9,13H,4-5,7H2,1H3. The lowest BCUT2D eigenvalue weighted by molar-refractivity contribution is -0.384. The third-order valence-electron chi connectivity index (χ3n) is 3.10. The molecule has 0 amide bonds. The van der Waals surface area contributed by atoms with Crippen LogP contribution in [0.4, 0.5) is 11.4 Å². The second-order valence-corrected chi connectivity index (χ2v) is 5.06. The molecular formula is C11H14BrN3O2. The van der Waals surface area contributed by atoms with Crippen LogP contribution in [0.1, 0.15) is 6.42 Å². The summed E-state index contributed by atoms with van der Waals surface area (Å²) in [6.45, 7) is 1.84. The quantitative estimate of drug-likeness (QED) is 0.686. The number of nitrogens with one attached hydrogen (secondary N) is 1. The maximum absolute atomic E-state index is 11.0. The lowest BCUT2D eigenvalue weighted by Crippen LogP contribution is -2.33. The Kier molecular flexibility index (Phi) is 3.63. The van der Waals surface area contributed by atoms with E-state index in [4.69, 9.17) is 0 Å². The van der Waals surface area contributed by atoms with Gasteiger partial charge in [-0.25, -0.2) is 0 Å². The second-order valence-electron chi connectivity index (χ2n) is 4.15. The van der Waals surface area contributed by atoms with Gasteiger partial charge in [-0.15, -0.1) is 0 Å². The molecule has 0 spiro atoms. The van der Waals surface area contributed by atoms with Crippen molar-refractivity contribution >= 4 is 27.3 Å². The van der Waals surface area contributed by atoms with Crippen molar-refractivity contribution in [2.75, 3.05) is 25.0 Å². The molecule has 1 heterocycles. The molecule has 5 nitrogen and oxygen atoms in total. The molecule has 2 rings (SSSR count). The van der Waals surface area contributed by atoms with Gasteiger partial charge in [-0.2, -0.15) is 0 Å². The minimum Gasteiger partial charge on any atom is -0.365 e. The van der Waals surface area contributed by atoms with E-state index in [2.05, 4.69) is 21.2 Å². The van der Waals surface area contributed by atoms with Gasteiger partial charge >= 0.3 is 0 Å². The number of nitro groups is 1. The molecule has 1 N–H and O–H groups in total. The minimum atomic E-state index is -0.333. The zero-order chi connectivity index (χ0) is 12.4. The summed E-state index contributed by atoms with van der Waals surface area (Å²) in [7, 11) is 1.91. The Labute approximate surface area is 108 Å². The number of hydrogen-bond donors (Lipinski definition) is 1. The summed E-state index contributed by atoms with van der Waals surface area (Å²) in [6.07, 6.45) is 1.01. The molecule has 1 fully saturated rings. The Hall–Kier alpha value is -1.14. The fourth-order valence-electron chi connectivity index (χ4n) is 2.10. The number of halogens is 1. The molecule has 1 aliphatic heterocycles. The molecule has 92 valence electrons. The predicted octanol–water partition coefficient (Wildman–Crippen LogP) is 2.16. The van der Waals surface area contributed by atoms with E-state index < -0.39 is 0 Å². The van der Waals surface area contributed by atoms with Crippen LogP contribution in [-0.2, 0) is 0 Å². The van der Waals surface area contributed by atoms with Crippen molar-refractivity contribution in [3.8, 4) is 0 Å². The van der Waals surface area contributed by atoms with Crippen LogP contribution in [0, 0.1) is 10.1 Å². The Balaban J connectivity index is 2.34. The van der Waals surface area contributed by atoms with Crippen LogP contribution in [-0.4, -0.2) is 31.1 Å². The van der Waals surface area contributed by atoms with E-state index in [0.717, 1.165) is 24.0 Å². The van der Waals surface area contributed by atoms with Crippen molar-refractivity contribution < 1.29 is 4.92 Å². The number of nitro benzene ring substituents is 1. The molecule has 1 aliphatic rings. The maximum atomic E-state index is 11.0. The van der Waals surface area contributed by atoms with Gasteiger partial charge < -0.3 is 10.2 Å². The summed E-state index contributed by atoms with van der Waals surface area (Å²) in [6, 6.07) is 5.36. The topological polar surface area (TPSA) is 58.4 Å². The van der Waals surface area contributed by atoms with Gasteiger partial charge in [0.1, 0.15) is 5.69 Å². The van der Waals surface area contributed by atoms with Crippen LogP contribution < -0.4 is 10.2 Å². The highest BCUT2D eigenvalue weighted by atomic mass is 79.9. The smallest absolute Gasteiger partial charge is 0.292 e. The van der Waals surface area contributed by atoms with Gasteiger partial charge in [0.15, 0.2) is 0 Å². The highest BCUT2D eigenvalue weighted by molar-refractivity contribution is 9.10. The van der Waals surface area contributed by atoms with Crippen LogP contribution in [0.5, 0.6) is 0 Å². The number of likely N-dealkylation sites (N-methyl/N-ethyl adjacent to an activating group) is 1. The monoisotopic (exact) mass is 299 g/mol. The maximum Gasteiger partial charge on any atom is 0.292 e. The summed E-state index contributed by atoms with van der Waals surface area (Å²) in [5, 5.41) is 14.3. The average molecular weight is 300 g/mol. The van der Waals surface area contributed by atoms with Crippen molar-refractivity contribution in [2.45, 2.75) is 12.5 Å². The van der Waals surface area contributed by atoms with Crippen molar-refractivity contribution in [3.63, 3.8) is 0 Å². The van der Waals surface area contributed by atoms with Crippen molar-refractivity contribution in [3.05, 3.63) is 32.8 Å². The number of nitrogens with zero attached hydrogens (tertiary/aromatic N) is 2. The summed E-state index contributed by atoms with van der Waals surface area (Å²) in [5.74, 6) is 0. The van der Waals surface area contributed by atoms with E-state index in [0.29, 0.717) is 11.7 Å². The first kappa shape index (κ1) is 12.3. The SMILES string of the molecule is CN(c1cc(Br)ccc1[N+](=O)[O-])C1CCNC1. The zero-order valence-electron chi connectivity index (χ0n) is 9.52. The van der Waals surface area contributed by atoms with Gasteiger partial charge in [0, 0.05) is 30.2 Å². The van der Waals surface area contributed by atoms with Crippen LogP contribution in [0.15, 0.2) is 22.7 Å². The Morgan fingerprint density at radius 2 is 2.35 bits per heavy atom. The third kappa shape index (κ3) is 2.58. The van der Waals surface area contributed by atoms with E-state index in [1.165, 1.54) is 6.07 Å². The molecule has 1 atom stereocenters. The average Bonchev–Trinajstić information content (AvgIpc) is 2.80. The van der Waals surface area contributed by atoms with E-state index in [1.54, 1.807) is 12.1 Å². The highest BCUT2D eigenvalue weighted by Crippen LogP contribution is 2.32. The Bertz CT molecular complexity index is 433. The first-order chi connectivity index (χ1) is 8.09. The minimum absolute atomic E-state index is 0.155. The lowest BCUT2D eigenvalue weighted by atomic mass is 10.2. The highest BCUT2D eigenvalue weighted by Gasteiger charge is 2.25. The fraction of sp³-hybridized carbons (Fsp3) is 0.455. The number of benzene rings is 1. The molecule has 0 radical (unpaired) electrons. The largest absolute Gasteiger partial charge is 0.365 e. The molecule has 6 heteroatoms. The summed E-state index contributed by atoms with van der Waals surface area (Å²) < 4.78 is 0.857. The van der Waals surface area contributed by atoms with Crippen LogP contribution in [0.2, 0.25) is 0 Å². The van der Waals surface area contributed by atoms with Gasteiger partial charge in [-0.05, 0) is 25.1 Å². The first-order valence-electron chi connectivity index (χ1n) is 5.47. The Morgan fingerprint density at radius 3 is 2.94 bits per heavy atom. The number of anilines is 1. The van der Waals surface area contributed by atoms with Gasteiger partial charge in [0.05, 0.1) is 4.92 Å². The van der Waals surface area contributed by atoms with Crippen molar-refractivity contribution in [2.24, 2.45) is 0 Å². The number of rotatable bonds is 3. The molecule has 1 aromatic carbocycles. The zero-order valence-corrected chi connectivity index (χ0v) is 11.1. The Morgan fingerprint density at radius 1 is 1.59 bits per heavy atom. The molecular weight excluding hydrogens is 286 g/mol. The lowest BCUT2D eigenvalue weighted by Gasteiger charge is -2.25. The molecule has 0 aromatic heterocycles. The van der Waals surface area contributed by atoms with E-state index >= 15 is 0 Å². The van der Waals surface area contributed by atoms with E-state index in [1.807, 2.05) is 11.9 Å². The molecule has 1 aromatic rings. The van der Waals surface area contributed by atoms with Crippen molar-refractivity contribution in [1.29, 1.82) is 0 Å². The molecule has 1 saturated heterocycles. The van der Waals surface area contributed by atoms with Crippen LogP contribution in [0.3, 0.4) is 0 Å².